The van der Waals surface area contributed by atoms with E-state index in [0.29, 0.717) is 0 Å². The lowest BCUT2D eigenvalue weighted by Gasteiger charge is -2.27. The smallest absolute Gasteiger partial charge is 0.228 e. The Balaban J connectivity index is 1.68. The van der Waals surface area contributed by atoms with E-state index in [1.54, 1.807) is 11.8 Å². The number of thioether (sulfide) groups is 1. The number of anilines is 1. The molecule has 6 heteroatoms. The fourth-order valence-electron chi connectivity index (χ4n) is 2.91. The third-order valence-corrected chi connectivity index (χ3v) is 5.53. The number of hydrogen-bond acceptors (Lipinski definition) is 5. The van der Waals surface area contributed by atoms with Gasteiger partial charge < -0.3 is 9.64 Å². The molecule has 0 bridgehead atoms. The van der Waals surface area contributed by atoms with Crippen LogP contribution in [-0.2, 0) is 22.4 Å². The van der Waals surface area contributed by atoms with E-state index in [-0.39, 0.29) is 5.41 Å². The monoisotopic (exact) mass is 360 g/mol. The first kappa shape index (κ1) is 18.3. The van der Waals surface area contributed by atoms with Crippen molar-refractivity contribution in [1.82, 2.24) is 14.8 Å². The zero-order valence-electron chi connectivity index (χ0n) is 15.7. The van der Waals surface area contributed by atoms with Gasteiger partial charge in [0.2, 0.25) is 5.95 Å². The van der Waals surface area contributed by atoms with Crippen molar-refractivity contribution >= 4 is 17.7 Å². The average Bonchev–Trinajstić information content (AvgIpc) is 3.03. The van der Waals surface area contributed by atoms with Crippen molar-refractivity contribution in [1.29, 1.82) is 0 Å². The quantitative estimate of drug-likeness (QED) is 0.760. The van der Waals surface area contributed by atoms with Gasteiger partial charge in [-0.05, 0) is 23.5 Å². The van der Waals surface area contributed by atoms with Gasteiger partial charge in [-0.15, -0.1) is 10.2 Å². The maximum atomic E-state index is 5.44. The van der Waals surface area contributed by atoms with Crippen LogP contribution in [0, 0.1) is 0 Å². The van der Waals surface area contributed by atoms with Gasteiger partial charge in [-0.25, -0.2) is 0 Å². The average molecular weight is 361 g/mol. The van der Waals surface area contributed by atoms with Crippen LogP contribution in [0.15, 0.2) is 29.4 Å². The van der Waals surface area contributed by atoms with Gasteiger partial charge in [0.1, 0.15) is 0 Å². The third-order valence-electron chi connectivity index (χ3n) is 4.50. The van der Waals surface area contributed by atoms with Gasteiger partial charge in [0.05, 0.1) is 13.2 Å². The van der Waals surface area contributed by atoms with Crippen LogP contribution in [-0.4, -0.2) is 41.1 Å². The van der Waals surface area contributed by atoms with E-state index in [2.05, 4.69) is 71.6 Å². The molecule has 136 valence electrons. The first-order valence-corrected chi connectivity index (χ1v) is 9.95. The molecule has 1 saturated heterocycles. The number of nitrogens with zero attached hydrogens (tertiary/aromatic N) is 4. The fourth-order valence-corrected chi connectivity index (χ4v) is 3.86. The van der Waals surface area contributed by atoms with Gasteiger partial charge in [0.15, 0.2) is 5.16 Å². The van der Waals surface area contributed by atoms with Crippen molar-refractivity contribution in [2.75, 3.05) is 31.2 Å². The largest absolute Gasteiger partial charge is 0.378 e. The zero-order valence-corrected chi connectivity index (χ0v) is 16.5. The normalized spacial score (nSPS) is 15.6. The highest BCUT2D eigenvalue weighted by molar-refractivity contribution is 7.98. The van der Waals surface area contributed by atoms with Crippen molar-refractivity contribution in [3.8, 4) is 0 Å². The molecule has 0 amide bonds. The maximum absolute atomic E-state index is 5.44. The molecule has 5 nitrogen and oxygen atoms in total. The SMILES string of the molecule is CCn1c(SCc2ccc(C(C)(C)C)cc2)nnc1N1CCOCC1. The van der Waals surface area contributed by atoms with Crippen LogP contribution in [0.25, 0.3) is 0 Å². The Labute approximate surface area is 154 Å². The van der Waals surface area contributed by atoms with Crippen LogP contribution in [0.1, 0.15) is 38.8 Å². The molecule has 2 aromatic rings. The van der Waals surface area contributed by atoms with Crippen LogP contribution in [0.4, 0.5) is 5.95 Å². The summed E-state index contributed by atoms with van der Waals surface area (Å²) in [5.41, 5.74) is 2.88. The number of benzene rings is 1. The summed E-state index contributed by atoms with van der Waals surface area (Å²) in [6, 6.07) is 8.92. The van der Waals surface area contributed by atoms with Crippen LogP contribution < -0.4 is 4.90 Å². The summed E-state index contributed by atoms with van der Waals surface area (Å²) in [7, 11) is 0. The molecule has 0 atom stereocenters. The Hall–Kier alpha value is -1.53. The lowest BCUT2D eigenvalue weighted by atomic mass is 9.87. The van der Waals surface area contributed by atoms with E-state index in [9.17, 15) is 0 Å². The lowest BCUT2D eigenvalue weighted by molar-refractivity contribution is 0.121. The van der Waals surface area contributed by atoms with Gasteiger partial charge >= 0.3 is 0 Å². The molecule has 1 aliphatic rings. The highest BCUT2D eigenvalue weighted by Crippen LogP contribution is 2.27. The summed E-state index contributed by atoms with van der Waals surface area (Å²) in [6.07, 6.45) is 0. The predicted molar refractivity (Wildman–Crippen MR) is 103 cm³/mol. The van der Waals surface area contributed by atoms with Gasteiger partial charge in [-0.2, -0.15) is 0 Å². The van der Waals surface area contributed by atoms with Crippen molar-refractivity contribution in [2.24, 2.45) is 0 Å². The molecule has 0 saturated carbocycles. The van der Waals surface area contributed by atoms with E-state index >= 15 is 0 Å². The first-order valence-electron chi connectivity index (χ1n) is 8.97. The van der Waals surface area contributed by atoms with Gasteiger partial charge in [0.25, 0.3) is 0 Å². The summed E-state index contributed by atoms with van der Waals surface area (Å²) < 4.78 is 7.64. The number of hydrogen-bond donors (Lipinski definition) is 0. The molecule has 1 aromatic heterocycles. The topological polar surface area (TPSA) is 43.2 Å². The Bertz CT molecular complexity index is 684. The minimum Gasteiger partial charge on any atom is -0.378 e. The Morgan fingerprint density at radius 3 is 2.36 bits per heavy atom. The van der Waals surface area contributed by atoms with Crippen molar-refractivity contribution in [2.45, 2.75) is 50.6 Å². The summed E-state index contributed by atoms with van der Waals surface area (Å²) in [4.78, 5) is 2.27. The van der Waals surface area contributed by atoms with Gasteiger partial charge in [-0.3, -0.25) is 4.57 Å². The minimum atomic E-state index is 0.196. The molecule has 0 radical (unpaired) electrons. The molecule has 2 heterocycles. The van der Waals surface area contributed by atoms with E-state index in [1.165, 1.54) is 11.1 Å². The molecule has 25 heavy (non-hydrogen) atoms. The van der Waals surface area contributed by atoms with Crippen molar-refractivity contribution < 1.29 is 4.74 Å². The number of rotatable bonds is 5. The number of morpholine rings is 1. The van der Waals surface area contributed by atoms with E-state index in [1.807, 2.05) is 0 Å². The van der Waals surface area contributed by atoms with Crippen LogP contribution >= 0.6 is 11.8 Å². The van der Waals surface area contributed by atoms with Crippen molar-refractivity contribution in [3.05, 3.63) is 35.4 Å². The maximum Gasteiger partial charge on any atom is 0.228 e. The molecule has 3 rings (SSSR count). The van der Waals surface area contributed by atoms with Crippen LogP contribution in [0.5, 0.6) is 0 Å². The fraction of sp³-hybridized carbons (Fsp3) is 0.579. The van der Waals surface area contributed by atoms with Crippen LogP contribution in [0.3, 0.4) is 0 Å². The summed E-state index contributed by atoms with van der Waals surface area (Å²) in [6.45, 7) is 13.1. The van der Waals surface area contributed by atoms with Crippen molar-refractivity contribution in [3.63, 3.8) is 0 Å². The summed E-state index contributed by atoms with van der Waals surface area (Å²) in [5, 5.41) is 9.85. The number of aromatic nitrogens is 3. The predicted octanol–water partition coefficient (Wildman–Crippen LogP) is 3.72. The highest BCUT2D eigenvalue weighted by atomic mass is 32.2. The van der Waals surface area contributed by atoms with E-state index in [0.717, 1.165) is 49.7 Å². The summed E-state index contributed by atoms with van der Waals surface area (Å²) >= 11 is 1.75. The van der Waals surface area contributed by atoms with Gasteiger partial charge in [0, 0.05) is 25.4 Å². The Morgan fingerprint density at radius 1 is 1.08 bits per heavy atom. The van der Waals surface area contributed by atoms with Gasteiger partial charge in [-0.1, -0.05) is 56.8 Å². The molecule has 1 aliphatic heterocycles. The second-order valence-electron chi connectivity index (χ2n) is 7.36. The molecular formula is C19H28N4OS. The molecule has 0 N–H and O–H groups in total. The van der Waals surface area contributed by atoms with Crippen LogP contribution in [0.2, 0.25) is 0 Å². The second-order valence-corrected chi connectivity index (χ2v) is 8.30. The molecule has 1 fully saturated rings. The number of ether oxygens (including phenoxy) is 1. The van der Waals surface area contributed by atoms with E-state index in [4.69, 9.17) is 4.74 Å². The van der Waals surface area contributed by atoms with E-state index < -0.39 is 0 Å². The Morgan fingerprint density at radius 2 is 1.76 bits per heavy atom. The first-order chi connectivity index (χ1) is 12.0. The second kappa shape index (κ2) is 7.79. The Kier molecular flexibility index (Phi) is 5.69. The highest BCUT2D eigenvalue weighted by Gasteiger charge is 2.20. The lowest BCUT2D eigenvalue weighted by Crippen LogP contribution is -2.38. The minimum absolute atomic E-state index is 0.196. The molecule has 0 unspecified atom stereocenters. The zero-order chi connectivity index (χ0) is 17.9. The molecule has 1 aromatic carbocycles. The molecule has 0 spiro atoms. The standard InChI is InChI=1S/C19H28N4OS/c1-5-23-17(22-10-12-24-13-11-22)20-21-18(23)25-14-15-6-8-16(9-7-15)19(2,3)4/h6-9H,5,10-14H2,1-4H3. The molecule has 0 aliphatic carbocycles. The summed E-state index contributed by atoms with van der Waals surface area (Å²) in [5.74, 6) is 1.88. The molecular weight excluding hydrogens is 332 g/mol. The third kappa shape index (κ3) is 4.36.